The summed E-state index contributed by atoms with van der Waals surface area (Å²) in [6, 6.07) is 5.18. The van der Waals surface area contributed by atoms with Crippen molar-refractivity contribution in [2.24, 2.45) is 4.99 Å². The van der Waals surface area contributed by atoms with E-state index in [1.54, 1.807) is 18.2 Å². The van der Waals surface area contributed by atoms with Gasteiger partial charge in [-0.2, -0.15) is 0 Å². The van der Waals surface area contributed by atoms with Crippen LogP contribution >= 0.6 is 23.2 Å². The Morgan fingerprint density at radius 3 is 2.67 bits per heavy atom. The maximum Gasteiger partial charge on any atom is 0.193 e. The third kappa shape index (κ3) is 2.88. The summed E-state index contributed by atoms with van der Waals surface area (Å²) < 4.78 is 0. The molecule has 1 aromatic carbocycles. The van der Waals surface area contributed by atoms with Gasteiger partial charge in [0.05, 0.1) is 12.6 Å². The number of hydrogen-bond donors (Lipinski definition) is 2. The Kier molecular flexibility index (Phi) is 4.32. The molecule has 1 aromatic rings. The highest BCUT2D eigenvalue weighted by molar-refractivity contribution is 6.36. The van der Waals surface area contributed by atoms with E-state index in [9.17, 15) is 5.11 Å². The topological polar surface area (TPSA) is 47.9 Å². The van der Waals surface area contributed by atoms with Crippen LogP contribution in [-0.4, -0.2) is 42.6 Å². The molecule has 98 valence electrons. The zero-order chi connectivity index (χ0) is 13.1. The first-order valence-electron chi connectivity index (χ1n) is 5.71. The summed E-state index contributed by atoms with van der Waals surface area (Å²) in [7, 11) is 1.95. The molecule has 1 heterocycles. The van der Waals surface area contributed by atoms with Gasteiger partial charge in [-0.25, -0.2) is 0 Å². The highest BCUT2D eigenvalue weighted by atomic mass is 35.5. The number of aliphatic imine (C=N–C) groups is 1. The van der Waals surface area contributed by atoms with Crippen molar-refractivity contribution >= 4 is 29.2 Å². The molecule has 1 aliphatic rings. The summed E-state index contributed by atoms with van der Waals surface area (Å²) in [5.74, 6) is 0.789. The molecule has 0 aromatic heterocycles. The fourth-order valence-electron chi connectivity index (χ4n) is 1.84. The number of aliphatic hydroxyl groups excluding tert-OH is 1. The van der Waals surface area contributed by atoms with Crippen LogP contribution in [0.25, 0.3) is 0 Å². The van der Waals surface area contributed by atoms with Crippen molar-refractivity contribution in [3.05, 3.63) is 33.8 Å². The molecule has 1 aliphatic heterocycles. The third-order valence-electron chi connectivity index (χ3n) is 2.85. The summed E-state index contributed by atoms with van der Waals surface area (Å²) >= 11 is 12.1. The van der Waals surface area contributed by atoms with Gasteiger partial charge in [0.2, 0.25) is 0 Å². The van der Waals surface area contributed by atoms with Gasteiger partial charge in [0.25, 0.3) is 0 Å². The van der Waals surface area contributed by atoms with Crippen LogP contribution < -0.4 is 5.32 Å². The van der Waals surface area contributed by atoms with Gasteiger partial charge < -0.3 is 15.3 Å². The van der Waals surface area contributed by atoms with Crippen molar-refractivity contribution in [2.75, 3.05) is 26.7 Å². The Labute approximate surface area is 116 Å². The van der Waals surface area contributed by atoms with Gasteiger partial charge in [-0.15, -0.1) is 0 Å². The molecular formula is C12H15Cl2N3O. The number of aliphatic hydroxyl groups is 1. The summed E-state index contributed by atoms with van der Waals surface area (Å²) in [6.07, 6.45) is -0.761. The van der Waals surface area contributed by atoms with Gasteiger partial charge in [0.15, 0.2) is 5.96 Å². The highest BCUT2D eigenvalue weighted by Crippen LogP contribution is 2.29. The van der Waals surface area contributed by atoms with Crippen LogP contribution in [0.4, 0.5) is 0 Å². The molecule has 0 bridgehead atoms. The maximum absolute atomic E-state index is 10.1. The van der Waals surface area contributed by atoms with Gasteiger partial charge in [0.1, 0.15) is 0 Å². The Morgan fingerprint density at radius 1 is 1.44 bits per heavy atom. The molecule has 0 saturated heterocycles. The number of likely N-dealkylation sites (N-methyl/N-ethyl adjacent to an activating group) is 1. The number of rotatable bonds is 3. The molecular weight excluding hydrogens is 273 g/mol. The summed E-state index contributed by atoms with van der Waals surface area (Å²) in [4.78, 5) is 6.28. The third-order valence-corrected chi connectivity index (χ3v) is 3.50. The van der Waals surface area contributed by atoms with Gasteiger partial charge in [0, 0.05) is 35.7 Å². The Morgan fingerprint density at radius 2 is 2.11 bits per heavy atom. The average Bonchev–Trinajstić information content (AvgIpc) is 2.72. The maximum atomic E-state index is 10.1. The first kappa shape index (κ1) is 13.5. The number of benzene rings is 1. The van der Waals surface area contributed by atoms with Crippen LogP contribution in [0.3, 0.4) is 0 Å². The van der Waals surface area contributed by atoms with Crippen LogP contribution in [0.1, 0.15) is 11.7 Å². The number of guanidine groups is 1. The van der Waals surface area contributed by atoms with Crippen molar-refractivity contribution in [3.8, 4) is 0 Å². The summed E-state index contributed by atoms with van der Waals surface area (Å²) in [5.41, 5.74) is 0.551. The van der Waals surface area contributed by atoms with E-state index in [2.05, 4.69) is 10.3 Å². The predicted octanol–water partition coefficient (Wildman–Crippen LogP) is 1.92. The van der Waals surface area contributed by atoms with E-state index in [4.69, 9.17) is 23.2 Å². The quantitative estimate of drug-likeness (QED) is 0.893. The standard InChI is InChI=1S/C12H15Cl2N3O/c1-17-6-5-15-12(17)16-7-10(18)11-8(13)3-2-4-9(11)14/h2-4,10,18H,5-7H2,1H3,(H,15,16). The van der Waals surface area contributed by atoms with Crippen molar-refractivity contribution in [1.29, 1.82) is 0 Å². The molecule has 0 saturated carbocycles. The van der Waals surface area contributed by atoms with Crippen LogP contribution in [0.5, 0.6) is 0 Å². The number of hydrogen-bond acceptors (Lipinski definition) is 4. The van der Waals surface area contributed by atoms with Crippen LogP contribution in [0.2, 0.25) is 10.0 Å². The zero-order valence-electron chi connectivity index (χ0n) is 10.0. The van der Waals surface area contributed by atoms with Crippen LogP contribution in [0, 0.1) is 0 Å². The fourth-order valence-corrected chi connectivity index (χ4v) is 2.49. The predicted molar refractivity (Wildman–Crippen MR) is 74.4 cm³/mol. The van der Waals surface area contributed by atoms with Gasteiger partial charge >= 0.3 is 0 Å². The van der Waals surface area contributed by atoms with Crippen molar-refractivity contribution in [2.45, 2.75) is 6.10 Å². The molecule has 2 N–H and O–H groups in total. The van der Waals surface area contributed by atoms with E-state index in [0.29, 0.717) is 22.2 Å². The van der Waals surface area contributed by atoms with Gasteiger partial charge in [-0.1, -0.05) is 29.3 Å². The lowest BCUT2D eigenvalue weighted by Gasteiger charge is -2.19. The SMILES string of the molecule is CN1CCN=C1NCC(O)c1c(Cl)cccc1Cl. The fraction of sp³-hybridized carbons (Fsp3) is 0.417. The molecule has 0 aliphatic carbocycles. The van der Waals surface area contributed by atoms with Crippen LogP contribution in [-0.2, 0) is 0 Å². The van der Waals surface area contributed by atoms with Gasteiger partial charge in [-0.05, 0) is 12.1 Å². The number of nitrogens with one attached hydrogen (secondary N) is 1. The average molecular weight is 288 g/mol. The Hall–Kier alpha value is -0.970. The summed E-state index contributed by atoms with van der Waals surface area (Å²) in [5, 5.41) is 14.2. The number of halogens is 2. The van der Waals surface area contributed by atoms with E-state index in [-0.39, 0.29) is 0 Å². The minimum absolute atomic E-state index is 0.326. The lowest BCUT2D eigenvalue weighted by molar-refractivity contribution is 0.180. The van der Waals surface area contributed by atoms with E-state index >= 15 is 0 Å². The second-order valence-corrected chi connectivity index (χ2v) is 4.97. The van der Waals surface area contributed by atoms with E-state index < -0.39 is 6.10 Å². The molecule has 2 rings (SSSR count). The second kappa shape index (κ2) is 5.78. The first-order valence-corrected chi connectivity index (χ1v) is 6.46. The van der Waals surface area contributed by atoms with Gasteiger partial charge in [-0.3, -0.25) is 4.99 Å². The Balaban J connectivity index is 2.02. The number of nitrogens with zero attached hydrogens (tertiary/aromatic N) is 2. The van der Waals surface area contributed by atoms with E-state index in [1.807, 2.05) is 11.9 Å². The normalized spacial score (nSPS) is 16.7. The largest absolute Gasteiger partial charge is 0.386 e. The molecule has 0 radical (unpaired) electrons. The highest BCUT2D eigenvalue weighted by Gasteiger charge is 2.18. The van der Waals surface area contributed by atoms with Crippen molar-refractivity contribution in [1.82, 2.24) is 10.2 Å². The summed E-state index contributed by atoms with van der Waals surface area (Å²) in [6.45, 7) is 2.00. The monoisotopic (exact) mass is 287 g/mol. The Bertz CT molecular complexity index is 444. The van der Waals surface area contributed by atoms with Crippen molar-refractivity contribution < 1.29 is 5.11 Å². The molecule has 0 spiro atoms. The lowest BCUT2D eigenvalue weighted by Crippen LogP contribution is -2.37. The minimum Gasteiger partial charge on any atom is -0.386 e. The molecule has 0 fully saturated rings. The molecule has 4 nitrogen and oxygen atoms in total. The van der Waals surface area contributed by atoms with Crippen molar-refractivity contribution in [3.63, 3.8) is 0 Å². The van der Waals surface area contributed by atoms with E-state index in [1.165, 1.54) is 0 Å². The second-order valence-electron chi connectivity index (χ2n) is 4.16. The lowest BCUT2D eigenvalue weighted by atomic mass is 10.1. The molecule has 18 heavy (non-hydrogen) atoms. The molecule has 1 unspecified atom stereocenters. The zero-order valence-corrected chi connectivity index (χ0v) is 11.5. The first-order chi connectivity index (χ1) is 8.59. The van der Waals surface area contributed by atoms with E-state index in [0.717, 1.165) is 19.0 Å². The van der Waals surface area contributed by atoms with Crippen LogP contribution in [0.15, 0.2) is 23.2 Å². The molecule has 1 atom stereocenters. The minimum atomic E-state index is -0.761. The smallest absolute Gasteiger partial charge is 0.193 e. The molecule has 6 heteroatoms. The molecule has 0 amide bonds.